The number of ether oxygens (including phenoxy) is 5. The Morgan fingerprint density at radius 1 is 0.649 bits per heavy atom. The average Bonchev–Trinajstić information content (AvgIpc) is 2.86. The van der Waals surface area contributed by atoms with Crippen LogP contribution < -0.4 is 5.32 Å². The number of amides is 1. The third-order valence-electron chi connectivity index (χ3n) is 6.46. The molecule has 0 spiro atoms. The molecule has 3 aliphatic heterocycles. The molecule has 17 heteroatoms. The Bertz CT molecular complexity index is 747. The van der Waals surface area contributed by atoms with E-state index in [2.05, 4.69) is 5.32 Å². The fourth-order valence-corrected chi connectivity index (χ4v) is 4.25. The molecule has 3 rings (SSSR count). The number of hydrogen-bond acceptors (Lipinski definition) is 16. The molecule has 17 nitrogen and oxygen atoms in total. The van der Waals surface area contributed by atoms with Gasteiger partial charge in [0.1, 0.15) is 73.2 Å². The van der Waals surface area contributed by atoms with E-state index >= 15 is 0 Å². The Kier molecular flexibility index (Phi) is 10.5. The third-order valence-corrected chi connectivity index (χ3v) is 6.46. The van der Waals surface area contributed by atoms with Crippen molar-refractivity contribution in [2.45, 2.75) is 99.0 Å². The van der Waals surface area contributed by atoms with Gasteiger partial charge in [-0.15, -0.1) is 0 Å². The number of rotatable bonds is 8. The summed E-state index contributed by atoms with van der Waals surface area (Å²) in [6.45, 7) is -0.686. The lowest BCUT2D eigenvalue weighted by Crippen LogP contribution is -2.65. The van der Waals surface area contributed by atoms with E-state index in [0.29, 0.717) is 0 Å². The molecule has 11 N–H and O–H groups in total. The zero-order valence-corrected chi connectivity index (χ0v) is 19.7. The van der Waals surface area contributed by atoms with Crippen molar-refractivity contribution < 1.29 is 79.5 Å². The van der Waals surface area contributed by atoms with Gasteiger partial charge in [0.15, 0.2) is 18.9 Å². The maximum absolute atomic E-state index is 11.5. The molecule has 0 radical (unpaired) electrons. The molecular formula is C20H35NO16. The molecule has 0 aromatic heterocycles. The van der Waals surface area contributed by atoms with E-state index in [0.717, 1.165) is 6.92 Å². The lowest BCUT2D eigenvalue weighted by molar-refractivity contribution is -0.334. The fourth-order valence-electron chi connectivity index (χ4n) is 4.25. The Morgan fingerprint density at radius 3 is 1.70 bits per heavy atom. The van der Waals surface area contributed by atoms with Crippen LogP contribution in [0.1, 0.15) is 6.92 Å². The van der Waals surface area contributed by atoms with Crippen molar-refractivity contribution in [1.82, 2.24) is 5.32 Å². The van der Waals surface area contributed by atoms with Crippen LogP contribution in [0.25, 0.3) is 0 Å². The number of carbonyl (C=O) groups excluding carboxylic acids is 1. The number of aliphatic hydroxyl groups is 10. The van der Waals surface area contributed by atoms with Crippen LogP contribution in [-0.2, 0) is 28.5 Å². The predicted molar refractivity (Wildman–Crippen MR) is 113 cm³/mol. The van der Waals surface area contributed by atoms with Crippen LogP contribution in [0.5, 0.6) is 0 Å². The Labute approximate surface area is 210 Å². The van der Waals surface area contributed by atoms with E-state index in [4.69, 9.17) is 23.7 Å². The number of nitrogens with one attached hydrogen (secondary N) is 1. The molecule has 0 aromatic carbocycles. The highest BCUT2D eigenvalue weighted by atomic mass is 16.7. The van der Waals surface area contributed by atoms with Gasteiger partial charge in [-0.25, -0.2) is 0 Å². The summed E-state index contributed by atoms with van der Waals surface area (Å²) in [6.07, 6.45) is -22.5. The highest BCUT2D eigenvalue weighted by molar-refractivity contribution is 5.73. The van der Waals surface area contributed by atoms with Gasteiger partial charge in [-0.3, -0.25) is 4.79 Å². The average molecular weight is 545 g/mol. The molecule has 3 heterocycles. The molecule has 0 bridgehead atoms. The van der Waals surface area contributed by atoms with E-state index in [1.165, 1.54) is 0 Å². The van der Waals surface area contributed by atoms with Crippen LogP contribution in [0.4, 0.5) is 0 Å². The molecule has 0 saturated carbocycles. The van der Waals surface area contributed by atoms with Crippen molar-refractivity contribution in [3.05, 3.63) is 0 Å². The number of carbonyl (C=O) groups is 1. The number of hydrogen-bond donors (Lipinski definition) is 11. The first-order chi connectivity index (χ1) is 17.4. The summed E-state index contributed by atoms with van der Waals surface area (Å²) in [5.41, 5.74) is 0. The van der Waals surface area contributed by atoms with E-state index < -0.39 is 118 Å². The molecule has 3 saturated heterocycles. The largest absolute Gasteiger partial charge is 0.394 e. The quantitative estimate of drug-likeness (QED) is 0.135. The summed E-state index contributed by atoms with van der Waals surface area (Å²) in [5, 5.41) is 102. The van der Waals surface area contributed by atoms with Gasteiger partial charge in [0.2, 0.25) is 5.91 Å². The van der Waals surface area contributed by atoms with E-state index in [9.17, 15) is 55.9 Å². The fraction of sp³-hybridized carbons (Fsp3) is 0.950. The summed E-state index contributed by atoms with van der Waals surface area (Å²) in [6, 6.07) is -1.28. The summed E-state index contributed by atoms with van der Waals surface area (Å²) in [4.78, 5) is 11.5. The molecule has 0 unspecified atom stereocenters. The topological polar surface area (TPSA) is 278 Å². The van der Waals surface area contributed by atoms with E-state index in [1.807, 2.05) is 0 Å². The van der Waals surface area contributed by atoms with Crippen LogP contribution in [0.15, 0.2) is 0 Å². The number of aliphatic hydroxyl groups excluding tert-OH is 10. The van der Waals surface area contributed by atoms with Gasteiger partial charge in [-0.1, -0.05) is 0 Å². The summed E-state index contributed by atoms with van der Waals surface area (Å²) >= 11 is 0. The zero-order chi connectivity index (χ0) is 27.6. The first kappa shape index (κ1) is 30.4. The normalized spacial score (nSPS) is 49.0. The van der Waals surface area contributed by atoms with E-state index in [-0.39, 0.29) is 0 Å². The molecule has 3 fully saturated rings. The lowest BCUT2D eigenvalue weighted by Gasteiger charge is -2.44. The van der Waals surface area contributed by atoms with Crippen molar-refractivity contribution in [3.8, 4) is 0 Å². The van der Waals surface area contributed by atoms with Gasteiger partial charge < -0.3 is 80.1 Å². The van der Waals surface area contributed by atoms with Gasteiger partial charge >= 0.3 is 0 Å². The van der Waals surface area contributed by atoms with Crippen LogP contribution in [0.2, 0.25) is 0 Å². The minimum Gasteiger partial charge on any atom is -0.394 e. The maximum Gasteiger partial charge on any atom is 0.217 e. The molecule has 216 valence electrons. The highest BCUT2D eigenvalue weighted by Gasteiger charge is 2.49. The van der Waals surface area contributed by atoms with Gasteiger partial charge in [0, 0.05) is 6.92 Å². The van der Waals surface area contributed by atoms with Crippen molar-refractivity contribution in [3.63, 3.8) is 0 Å². The second-order valence-corrected chi connectivity index (χ2v) is 9.15. The standard InChI is InChI=1S/C20H35NO16/c1-5(23)21-9-13(27)10(24)6(2-22)36-19(9)33-4-8-12(26)15(29)17(31)20(37-8)34-3-7-11(25)14(28)16(30)18(32)35-7/h6-20,22,24-32H,2-4H2,1H3,(H,21,23)/t6-,7-,8-,9-,10-,11-,12-,13-,14+,15+,16-,17+,18-,19-,20+/m1/s1. The molecule has 15 atom stereocenters. The molecule has 0 aliphatic carbocycles. The molecule has 37 heavy (non-hydrogen) atoms. The Hall–Kier alpha value is -1.13. The van der Waals surface area contributed by atoms with Gasteiger partial charge in [-0.05, 0) is 0 Å². The Balaban J connectivity index is 1.63. The first-order valence-corrected chi connectivity index (χ1v) is 11.6. The van der Waals surface area contributed by atoms with Crippen molar-refractivity contribution in [2.24, 2.45) is 0 Å². The van der Waals surface area contributed by atoms with Crippen molar-refractivity contribution >= 4 is 5.91 Å². The molecular weight excluding hydrogens is 510 g/mol. The van der Waals surface area contributed by atoms with Gasteiger partial charge in [-0.2, -0.15) is 0 Å². The minimum atomic E-state index is -1.83. The van der Waals surface area contributed by atoms with Crippen LogP contribution in [0.3, 0.4) is 0 Å². The lowest BCUT2D eigenvalue weighted by atomic mass is 9.96. The monoisotopic (exact) mass is 545 g/mol. The molecule has 1 amide bonds. The molecule has 0 aromatic rings. The Morgan fingerprint density at radius 2 is 1.14 bits per heavy atom. The van der Waals surface area contributed by atoms with Crippen LogP contribution in [-0.4, -0.2) is 169 Å². The highest BCUT2D eigenvalue weighted by Crippen LogP contribution is 2.27. The predicted octanol–water partition coefficient (Wildman–Crippen LogP) is -7.43. The minimum absolute atomic E-state index is 0.557. The summed E-state index contributed by atoms with van der Waals surface area (Å²) < 4.78 is 26.7. The first-order valence-electron chi connectivity index (χ1n) is 11.6. The van der Waals surface area contributed by atoms with E-state index in [1.54, 1.807) is 0 Å². The second kappa shape index (κ2) is 12.8. The van der Waals surface area contributed by atoms with Crippen molar-refractivity contribution in [2.75, 3.05) is 19.8 Å². The maximum atomic E-state index is 11.5. The van der Waals surface area contributed by atoms with Crippen molar-refractivity contribution in [1.29, 1.82) is 0 Å². The third kappa shape index (κ3) is 6.72. The summed E-state index contributed by atoms with van der Waals surface area (Å²) in [5.74, 6) is -0.591. The smallest absolute Gasteiger partial charge is 0.217 e. The second-order valence-electron chi connectivity index (χ2n) is 9.15. The van der Waals surface area contributed by atoms with Gasteiger partial charge in [0.05, 0.1) is 19.8 Å². The van der Waals surface area contributed by atoms with Gasteiger partial charge in [0.25, 0.3) is 0 Å². The zero-order valence-electron chi connectivity index (χ0n) is 19.7. The van der Waals surface area contributed by atoms with Crippen LogP contribution in [0, 0.1) is 0 Å². The summed E-state index contributed by atoms with van der Waals surface area (Å²) in [7, 11) is 0. The SMILES string of the molecule is CC(=O)N[C@H]1[C@H](OC[C@H]2O[C@H](OC[C@H]3O[C@@H](O)[C@H](O)[C@@H](O)[C@@H]3O)[C@@H](O)[C@@H](O)[C@@H]2O)O[C@H](CO)[C@@H](O)[C@@H]1O. The van der Waals surface area contributed by atoms with Crippen LogP contribution >= 0.6 is 0 Å². The molecule has 3 aliphatic rings.